The van der Waals surface area contributed by atoms with Gasteiger partial charge >= 0.3 is 6.03 Å². The average molecular weight is 155 g/mol. The molecule has 2 amide bonds. The van der Waals surface area contributed by atoms with Crippen LogP contribution < -0.4 is 5.32 Å². The highest BCUT2D eigenvalue weighted by atomic mass is 16.2. The van der Waals surface area contributed by atoms with Gasteiger partial charge in [-0.25, -0.2) is 4.79 Å². The first-order valence-corrected chi connectivity index (χ1v) is 4.00. The lowest BCUT2D eigenvalue weighted by atomic mass is 10.1. The predicted octanol–water partition coefficient (Wildman–Crippen LogP) is -0.674. The van der Waals surface area contributed by atoms with Gasteiger partial charge in [-0.15, -0.1) is 0 Å². The largest absolute Gasteiger partial charge is 0.336 e. The molecule has 0 aromatic rings. The van der Waals surface area contributed by atoms with Crippen LogP contribution in [0.4, 0.5) is 4.79 Å². The number of rotatable bonds is 1. The summed E-state index contributed by atoms with van der Waals surface area (Å²) in [6.45, 7) is 3.78. The Morgan fingerprint density at radius 1 is 1.55 bits per heavy atom. The Hall–Kier alpha value is -0.770. The molecule has 0 aromatic carbocycles. The second-order valence-corrected chi connectivity index (χ2v) is 3.30. The lowest BCUT2D eigenvalue weighted by Gasteiger charge is -2.41. The second-order valence-electron chi connectivity index (χ2n) is 3.30. The minimum atomic E-state index is 0.114. The zero-order valence-corrected chi connectivity index (χ0v) is 6.71. The van der Waals surface area contributed by atoms with Crippen molar-refractivity contribution in [3.63, 3.8) is 0 Å². The van der Waals surface area contributed by atoms with Crippen LogP contribution in [0.1, 0.15) is 0 Å². The molecule has 2 fully saturated rings. The summed E-state index contributed by atoms with van der Waals surface area (Å²) in [5.74, 6) is 0. The van der Waals surface area contributed by atoms with Crippen molar-refractivity contribution in [1.82, 2.24) is 15.1 Å². The molecule has 0 aliphatic carbocycles. The predicted molar refractivity (Wildman–Crippen MR) is 41.4 cm³/mol. The van der Waals surface area contributed by atoms with E-state index in [4.69, 9.17) is 0 Å². The fourth-order valence-electron chi connectivity index (χ4n) is 1.70. The maximum atomic E-state index is 11.1. The first-order chi connectivity index (χ1) is 5.27. The molecule has 11 heavy (non-hydrogen) atoms. The van der Waals surface area contributed by atoms with Crippen LogP contribution in [-0.2, 0) is 0 Å². The number of nitrogens with zero attached hydrogens (tertiary/aromatic N) is 2. The first-order valence-electron chi connectivity index (χ1n) is 4.00. The molecule has 1 N–H and O–H groups in total. The normalized spacial score (nSPS) is 27.0. The van der Waals surface area contributed by atoms with E-state index in [0.29, 0.717) is 6.04 Å². The van der Waals surface area contributed by atoms with Crippen LogP contribution in [0, 0.1) is 0 Å². The summed E-state index contributed by atoms with van der Waals surface area (Å²) in [4.78, 5) is 15.3. The minimum absolute atomic E-state index is 0.114. The van der Waals surface area contributed by atoms with E-state index in [1.165, 1.54) is 0 Å². The Kier molecular flexibility index (Phi) is 1.49. The van der Waals surface area contributed by atoms with E-state index >= 15 is 0 Å². The van der Waals surface area contributed by atoms with Gasteiger partial charge in [-0.1, -0.05) is 0 Å². The second kappa shape index (κ2) is 2.37. The third kappa shape index (κ3) is 1.07. The topological polar surface area (TPSA) is 35.6 Å². The van der Waals surface area contributed by atoms with Gasteiger partial charge in [0.05, 0.1) is 6.04 Å². The summed E-state index contributed by atoms with van der Waals surface area (Å²) >= 11 is 0. The van der Waals surface area contributed by atoms with Gasteiger partial charge in [0.1, 0.15) is 0 Å². The molecule has 2 rings (SSSR count). The van der Waals surface area contributed by atoms with Crippen molar-refractivity contribution >= 4 is 6.03 Å². The van der Waals surface area contributed by atoms with Gasteiger partial charge in [-0.2, -0.15) is 0 Å². The molecule has 62 valence electrons. The molecule has 0 spiro atoms. The highest BCUT2D eigenvalue weighted by Gasteiger charge is 2.34. The van der Waals surface area contributed by atoms with Crippen LogP contribution in [0.25, 0.3) is 0 Å². The van der Waals surface area contributed by atoms with Crippen LogP contribution in [0.5, 0.6) is 0 Å². The third-order valence-electron chi connectivity index (χ3n) is 2.38. The number of amides is 2. The molecule has 0 unspecified atom stereocenters. The van der Waals surface area contributed by atoms with Crippen molar-refractivity contribution < 1.29 is 4.79 Å². The molecule has 0 saturated carbocycles. The maximum absolute atomic E-state index is 11.1. The van der Waals surface area contributed by atoms with Crippen LogP contribution in [-0.4, -0.2) is 55.1 Å². The molecule has 2 aliphatic heterocycles. The van der Waals surface area contributed by atoms with Crippen molar-refractivity contribution in [3.05, 3.63) is 0 Å². The molecule has 0 aromatic heterocycles. The molecule has 2 heterocycles. The summed E-state index contributed by atoms with van der Waals surface area (Å²) in [6, 6.07) is 0.589. The highest BCUT2D eigenvalue weighted by Crippen LogP contribution is 2.14. The van der Waals surface area contributed by atoms with Crippen molar-refractivity contribution in [3.8, 4) is 0 Å². The SMILES string of the molecule is CN1CC(N2CCNC2=O)C1. The average Bonchev–Trinajstić information content (AvgIpc) is 2.29. The zero-order chi connectivity index (χ0) is 7.84. The molecule has 4 heteroatoms. The monoisotopic (exact) mass is 155 g/mol. The van der Waals surface area contributed by atoms with Gasteiger partial charge < -0.3 is 15.1 Å². The molecule has 4 nitrogen and oxygen atoms in total. The van der Waals surface area contributed by atoms with E-state index in [-0.39, 0.29) is 6.03 Å². The van der Waals surface area contributed by atoms with Crippen molar-refractivity contribution in [2.75, 3.05) is 33.2 Å². The molecule has 2 saturated heterocycles. The smallest absolute Gasteiger partial charge is 0.317 e. The standard InChI is InChI=1S/C7H13N3O/c1-9-4-6(5-9)10-3-2-8-7(10)11/h6H,2-5H2,1H3,(H,8,11). The van der Waals surface area contributed by atoms with Crippen LogP contribution in [0.2, 0.25) is 0 Å². The fraction of sp³-hybridized carbons (Fsp3) is 0.857. The Labute approximate surface area is 66.1 Å². The first kappa shape index (κ1) is 6.91. The van der Waals surface area contributed by atoms with Gasteiger partial charge in [-0.05, 0) is 7.05 Å². The van der Waals surface area contributed by atoms with Crippen molar-refractivity contribution in [2.45, 2.75) is 6.04 Å². The van der Waals surface area contributed by atoms with Crippen LogP contribution >= 0.6 is 0 Å². The van der Waals surface area contributed by atoms with Crippen LogP contribution in [0.3, 0.4) is 0 Å². The van der Waals surface area contributed by atoms with Crippen LogP contribution in [0.15, 0.2) is 0 Å². The van der Waals surface area contributed by atoms with E-state index in [1.807, 2.05) is 4.90 Å². The van der Waals surface area contributed by atoms with Gasteiger partial charge in [0.25, 0.3) is 0 Å². The Morgan fingerprint density at radius 2 is 2.27 bits per heavy atom. The number of carbonyl (C=O) groups excluding carboxylic acids is 1. The number of carbonyl (C=O) groups is 1. The summed E-state index contributed by atoms with van der Waals surface area (Å²) in [5.41, 5.74) is 0. The third-order valence-corrected chi connectivity index (χ3v) is 2.38. The lowest BCUT2D eigenvalue weighted by molar-refractivity contribution is 0.0866. The Balaban J connectivity index is 1.90. The van der Waals surface area contributed by atoms with E-state index in [2.05, 4.69) is 17.3 Å². The number of likely N-dealkylation sites (N-methyl/N-ethyl adjacent to an activating group) is 1. The Bertz CT molecular complexity index is 177. The molecule has 0 bridgehead atoms. The van der Waals surface area contributed by atoms with Gasteiger partial charge in [0.15, 0.2) is 0 Å². The zero-order valence-electron chi connectivity index (χ0n) is 6.71. The molecular formula is C7H13N3O. The number of hydrogen-bond donors (Lipinski definition) is 1. The van der Waals surface area contributed by atoms with E-state index < -0.39 is 0 Å². The minimum Gasteiger partial charge on any atom is -0.336 e. The number of nitrogens with one attached hydrogen (secondary N) is 1. The number of urea groups is 1. The van der Waals surface area contributed by atoms with Crippen molar-refractivity contribution in [2.24, 2.45) is 0 Å². The Morgan fingerprint density at radius 3 is 2.73 bits per heavy atom. The number of likely N-dealkylation sites (tertiary alicyclic amines) is 1. The molecule has 0 radical (unpaired) electrons. The van der Waals surface area contributed by atoms with Crippen molar-refractivity contribution in [1.29, 1.82) is 0 Å². The van der Waals surface area contributed by atoms with E-state index in [0.717, 1.165) is 26.2 Å². The number of hydrogen-bond acceptors (Lipinski definition) is 2. The van der Waals surface area contributed by atoms with E-state index in [1.54, 1.807) is 0 Å². The lowest BCUT2D eigenvalue weighted by Crippen LogP contribution is -2.58. The summed E-state index contributed by atoms with van der Waals surface area (Å²) < 4.78 is 0. The highest BCUT2D eigenvalue weighted by molar-refractivity contribution is 5.76. The van der Waals surface area contributed by atoms with Gasteiger partial charge in [0.2, 0.25) is 0 Å². The quantitative estimate of drug-likeness (QED) is 0.545. The van der Waals surface area contributed by atoms with Gasteiger partial charge in [-0.3, -0.25) is 0 Å². The maximum Gasteiger partial charge on any atom is 0.317 e. The molecular weight excluding hydrogens is 142 g/mol. The van der Waals surface area contributed by atoms with Gasteiger partial charge in [0, 0.05) is 26.2 Å². The molecule has 2 aliphatic rings. The summed E-state index contributed by atoms with van der Waals surface area (Å²) in [7, 11) is 2.07. The summed E-state index contributed by atoms with van der Waals surface area (Å²) in [5, 5.41) is 2.80. The fourth-order valence-corrected chi connectivity index (χ4v) is 1.70. The van der Waals surface area contributed by atoms with E-state index in [9.17, 15) is 4.79 Å². The summed E-state index contributed by atoms with van der Waals surface area (Å²) in [6.07, 6.45) is 0. The molecule has 0 atom stereocenters.